The summed E-state index contributed by atoms with van der Waals surface area (Å²) in [5, 5.41) is 0. The third-order valence-electron chi connectivity index (χ3n) is 4.53. The molecule has 4 heteroatoms. The van der Waals surface area contributed by atoms with Crippen LogP contribution in [0.2, 0.25) is 0 Å². The first-order valence-electron chi connectivity index (χ1n) is 7.69. The maximum atomic E-state index is 5.71. The van der Waals surface area contributed by atoms with Crippen molar-refractivity contribution in [1.82, 2.24) is 9.97 Å². The SMILES string of the molecule is CCCC1(CC)C=C1COc1ncc(N2CCC2)cn1. The Morgan fingerprint density at radius 1 is 1.25 bits per heavy atom. The number of rotatable bonds is 7. The van der Waals surface area contributed by atoms with E-state index in [0.29, 0.717) is 18.0 Å². The van der Waals surface area contributed by atoms with Gasteiger partial charge in [-0.15, -0.1) is 0 Å². The molecule has 108 valence electrons. The second-order valence-corrected chi connectivity index (χ2v) is 5.78. The first kappa shape index (κ1) is 13.4. The Balaban J connectivity index is 1.50. The number of ether oxygens (including phenoxy) is 1. The Bertz CT molecular complexity index is 493. The van der Waals surface area contributed by atoms with Crippen LogP contribution in [-0.4, -0.2) is 29.7 Å². The van der Waals surface area contributed by atoms with Crippen molar-refractivity contribution >= 4 is 5.69 Å². The molecule has 3 rings (SSSR count). The van der Waals surface area contributed by atoms with E-state index >= 15 is 0 Å². The molecule has 0 spiro atoms. The van der Waals surface area contributed by atoms with Gasteiger partial charge in [0.05, 0.1) is 18.1 Å². The molecular formula is C16H23N3O. The summed E-state index contributed by atoms with van der Waals surface area (Å²) in [6.45, 7) is 7.35. The second-order valence-electron chi connectivity index (χ2n) is 5.78. The number of nitrogens with zero attached hydrogens (tertiary/aromatic N) is 3. The Morgan fingerprint density at radius 2 is 2.00 bits per heavy atom. The van der Waals surface area contributed by atoms with Gasteiger partial charge >= 0.3 is 6.01 Å². The quantitative estimate of drug-likeness (QED) is 0.715. The molecule has 0 saturated carbocycles. The van der Waals surface area contributed by atoms with E-state index in [1.54, 1.807) is 0 Å². The predicted molar refractivity (Wildman–Crippen MR) is 80.1 cm³/mol. The van der Waals surface area contributed by atoms with Gasteiger partial charge in [0.1, 0.15) is 6.61 Å². The minimum Gasteiger partial charge on any atom is -0.459 e. The van der Waals surface area contributed by atoms with E-state index < -0.39 is 0 Å². The highest BCUT2D eigenvalue weighted by atomic mass is 16.5. The van der Waals surface area contributed by atoms with E-state index in [2.05, 4.69) is 34.8 Å². The third kappa shape index (κ3) is 2.51. The van der Waals surface area contributed by atoms with Gasteiger partial charge in [-0.1, -0.05) is 26.3 Å². The van der Waals surface area contributed by atoms with Gasteiger partial charge in [0.15, 0.2) is 0 Å². The van der Waals surface area contributed by atoms with Gasteiger partial charge in [0.25, 0.3) is 0 Å². The molecule has 2 aliphatic rings. The number of hydrogen-bond acceptors (Lipinski definition) is 4. The Labute approximate surface area is 120 Å². The lowest BCUT2D eigenvalue weighted by Crippen LogP contribution is -2.37. The summed E-state index contributed by atoms with van der Waals surface area (Å²) >= 11 is 0. The zero-order valence-corrected chi connectivity index (χ0v) is 12.4. The zero-order valence-electron chi connectivity index (χ0n) is 12.4. The molecule has 4 nitrogen and oxygen atoms in total. The topological polar surface area (TPSA) is 38.2 Å². The molecule has 1 saturated heterocycles. The molecule has 1 aromatic heterocycles. The standard InChI is InChI=1S/C16H23N3O/c1-3-6-16(4-2)9-13(16)12-20-15-17-10-14(11-18-15)19-7-5-8-19/h9-11H,3-8,12H2,1-2H3. The lowest BCUT2D eigenvalue weighted by molar-refractivity contribution is 0.308. The lowest BCUT2D eigenvalue weighted by Gasteiger charge is -2.32. The smallest absolute Gasteiger partial charge is 0.316 e. The van der Waals surface area contributed by atoms with E-state index in [-0.39, 0.29) is 0 Å². The van der Waals surface area contributed by atoms with Gasteiger partial charge in [-0.25, -0.2) is 9.97 Å². The number of aromatic nitrogens is 2. The Morgan fingerprint density at radius 3 is 2.55 bits per heavy atom. The van der Waals surface area contributed by atoms with Gasteiger partial charge in [-0.05, 0) is 24.8 Å². The van der Waals surface area contributed by atoms with Crippen LogP contribution in [0.15, 0.2) is 24.0 Å². The highest BCUT2D eigenvalue weighted by molar-refractivity contribution is 5.44. The summed E-state index contributed by atoms with van der Waals surface area (Å²) < 4.78 is 5.71. The fraction of sp³-hybridized carbons (Fsp3) is 0.625. The molecule has 20 heavy (non-hydrogen) atoms. The van der Waals surface area contributed by atoms with Gasteiger partial charge < -0.3 is 9.64 Å². The number of anilines is 1. The van der Waals surface area contributed by atoms with Crippen molar-refractivity contribution in [2.45, 2.75) is 39.5 Å². The first-order chi connectivity index (χ1) is 9.77. The van der Waals surface area contributed by atoms with Crippen molar-refractivity contribution in [2.24, 2.45) is 5.41 Å². The van der Waals surface area contributed by atoms with Crippen LogP contribution < -0.4 is 9.64 Å². The molecule has 1 aliphatic heterocycles. The van der Waals surface area contributed by atoms with Crippen molar-refractivity contribution in [3.8, 4) is 6.01 Å². The highest BCUT2D eigenvalue weighted by Crippen LogP contribution is 2.50. The maximum Gasteiger partial charge on any atom is 0.316 e. The largest absolute Gasteiger partial charge is 0.459 e. The predicted octanol–water partition coefficient (Wildman–Crippen LogP) is 3.20. The summed E-state index contributed by atoms with van der Waals surface area (Å²) in [6.07, 6.45) is 11.0. The Kier molecular flexibility index (Phi) is 3.64. The number of hydrogen-bond donors (Lipinski definition) is 0. The first-order valence-corrected chi connectivity index (χ1v) is 7.69. The van der Waals surface area contributed by atoms with Crippen LogP contribution in [0, 0.1) is 5.41 Å². The minimum atomic E-state index is 0.340. The van der Waals surface area contributed by atoms with Crippen LogP contribution in [0.4, 0.5) is 5.69 Å². The molecular weight excluding hydrogens is 250 g/mol. The maximum absolute atomic E-state index is 5.71. The molecule has 0 N–H and O–H groups in total. The van der Waals surface area contributed by atoms with Crippen molar-refractivity contribution in [3.05, 3.63) is 24.0 Å². The van der Waals surface area contributed by atoms with Gasteiger partial charge in [0, 0.05) is 18.5 Å². The summed E-state index contributed by atoms with van der Waals surface area (Å²) in [5.41, 5.74) is 2.85. The lowest BCUT2D eigenvalue weighted by atomic mass is 9.91. The normalized spacial score (nSPS) is 24.1. The van der Waals surface area contributed by atoms with Crippen LogP contribution in [0.3, 0.4) is 0 Å². The van der Waals surface area contributed by atoms with Crippen LogP contribution in [0.25, 0.3) is 0 Å². The average molecular weight is 273 g/mol. The molecule has 0 amide bonds. The van der Waals surface area contributed by atoms with Gasteiger partial charge in [0.2, 0.25) is 0 Å². The molecule has 1 aromatic rings. The summed E-state index contributed by atoms with van der Waals surface area (Å²) in [5.74, 6) is 0. The van der Waals surface area contributed by atoms with Crippen molar-refractivity contribution in [3.63, 3.8) is 0 Å². The monoisotopic (exact) mass is 273 g/mol. The van der Waals surface area contributed by atoms with Crippen LogP contribution in [-0.2, 0) is 0 Å². The van der Waals surface area contributed by atoms with E-state index in [1.165, 1.54) is 31.3 Å². The van der Waals surface area contributed by atoms with Crippen LogP contribution >= 0.6 is 0 Å². The average Bonchev–Trinajstić information content (AvgIpc) is 3.10. The summed E-state index contributed by atoms with van der Waals surface area (Å²) in [4.78, 5) is 10.9. The molecule has 0 radical (unpaired) electrons. The molecule has 2 heterocycles. The second kappa shape index (κ2) is 5.43. The molecule has 0 bridgehead atoms. The van der Waals surface area contributed by atoms with Gasteiger partial charge in [-0.2, -0.15) is 0 Å². The van der Waals surface area contributed by atoms with Crippen molar-refractivity contribution in [2.75, 3.05) is 24.6 Å². The molecule has 1 aliphatic carbocycles. The molecule has 1 fully saturated rings. The van der Waals surface area contributed by atoms with E-state index in [9.17, 15) is 0 Å². The molecule has 1 unspecified atom stereocenters. The third-order valence-corrected chi connectivity index (χ3v) is 4.53. The summed E-state index contributed by atoms with van der Waals surface area (Å²) in [7, 11) is 0. The highest BCUT2D eigenvalue weighted by Gasteiger charge is 2.41. The zero-order chi connectivity index (χ0) is 14.0. The fourth-order valence-electron chi connectivity index (χ4n) is 2.93. The minimum absolute atomic E-state index is 0.340. The fourth-order valence-corrected chi connectivity index (χ4v) is 2.93. The molecule has 0 aromatic carbocycles. The van der Waals surface area contributed by atoms with Crippen LogP contribution in [0.1, 0.15) is 39.5 Å². The van der Waals surface area contributed by atoms with Crippen LogP contribution in [0.5, 0.6) is 6.01 Å². The molecule has 1 atom stereocenters. The van der Waals surface area contributed by atoms with Crippen molar-refractivity contribution in [1.29, 1.82) is 0 Å². The van der Waals surface area contributed by atoms with E-state index in [1.807, 2.05) is 12.4 Å². The Hall–Kier alpha value is -1.58. The van der Waals surface area contributed by atoms with Crippen molar-refractivity contribution < 1.29 is 4.74 Å². The van der Waals surface area contributed by atoms with Gasteiger partial charge in [-0.3, -0.25) is 0 Å². The van der Waals surface area contributed by atoms with E-state index in [0.717, 1.165) is 18.8 Å². The number of allylic oxidation sites excluding steroid dienone is 1. The summed E-state index contributed by atoms with van der Waals surface area (Å²) in [6, 6.07) is 0.489. The van der Waals surface area contributed by atoms with E-state index in [4.69, 9.17) is 4.74 Å².